The van der Waals surface area contributed by atoms with Crippen molar-refractivity contribution in [2.75, 3.05) is 0 Å². The zero-order valence-corrected chi connectivity index (χ0v) is 37.4. The van der Waals surface area contributed by atoms with E-state index >= 15 is 0 Å². The monoisotopic (exact) mass is 975 g/mol. The molecule has 4 aromatic heterocycles. The number of rotatable bonds is 3. The maximum absolute atomic E-state index is 12.7. The van der Waals surface area contributed by atoms with Crippen molar-refractivity contribution in [2.45, 2.75) is 30.6 Å². The predicted molar refractivity (Wildman–Crippen MR) is 259 cm³/mol. The quantitative estimate of drug-likeness (QED) is 0.0444. The zero-order chi connectivity index (χ0) is 49.9. The molecule has 5 heterocycles. The maximum atomic E-state index is 12.7. The Labute approximate surface area is 397 Å². The fourth-order valence-electron chi connectivity index (χ4n) is 10.7. The van der Waals surface area contributed by atoms with Crippen LogP contribution in [0.5, 0.6) is 80.5 Å². The molecule has 0 saturated heterocycles. The summed E-state index contributed by atoms with van der Waals surface area (Å²) in [6.07, 6.45) is 0. The number of phenols is 14. The Kier molecular flexibility index (Phi) is 7.77. The van der Waals surface area contributed by atoms with Gasteiger partial charge in [-0.05, 0) is 56.2 Å². The molecule has 0 bridgehead atoms. The molecule has 71 heavy (non-hydrogen) atoms. The van der Waals surface area contributed by atoms with Crippen LogP contribution in [0, 0.1) is 20.8 Å². The molecule has 1 aliphatic heterocycles. The Bertz CT molecular complexity index is 4560. The van der Waals surface area contributed by atoms with E-state index in [2.05, 4.69) is 0 Å². The van der Waals surface area contributed by atoms with Crippen molar-refractivity contribution in [1.82, 2.24) is 13.5 Å². The van der Waals surface area contributed by atoms with Gasteiger partial charge < -0.3 is 80.6 Å². The standard InChI is InChI=1S/C51H33N3O16S/c1-14-15(2)35(56)27-19(34(14)55)23-30(53(27)18-12-8-5-9-13-18)48-33-51(43(23)64)71-50-16(3)36(57)39(60)24-22-31(54(33)32(24)50)49(70-69-48)42(63)26(38(22)59)25-37(58)20-21-29(45(66)47(68)46(67)40(21)61)52(17-10-6-4-7-11-17)28(20)44(65)41(25)62/h4-13,55-68H,1-3H3. The Balaban J connectivity index is 1.28. The van der Waals surface area contributed by atoms with Crippen LogP contribution < -0.4 is 0 Å². The van der Waals surface area contributed by atoms with E-state index in [4.69, 9.17) is 9.15 Å². The first-order chi connectivity index (χ1) is 33.9. The van der Waals surface area contributed by atoms with Crippen LogP contribution in [0.15, 0.2) is 79.6 Å². The summed E-state index contributed by atoms with van der Waals surface area (Å²) in [6.45, 7) is 4.69. The lowest BCUT2D eigenvalue weighted by molar-refractivity contribution is 0.0905. The number of aromatic nitrogens is 3. The molecule has 0 saturated carbocycles. The molecule has 19 nitrogen and oxygen atoms in total. The second-order valence-electron chi connectivity index (χ2n) is 17.5. The van der Waals surface area contributed by atoms with Crippen molar-refractivity contribution in [1.29, 1.82) is 0 Å². The van der Waals surface area contributed by atoms with Crippen molar-refractivity contribution in [3.63, 3.8) is 0 Å². The van der Waals surface area contributed by atoms with Gasteiger partial charge in [-0.15, -0.1) is 0 Å². The topological polar surface area (TPSA) is 324 Å². The highest BCUT2D eigenvalue weighted by Crippen LogP contribution is 2.65. The average molecular weight is 976 g/mol. The van der Waals surface area contributed by atoms with Crippen molar-refractivity contribution >= 4 is 93.9 Å². The Hall–Kier alpha value is -9.69. The average Bonchev–Trinajstić information content (AvgIpc) is 4.01. The highest BCUT2D eigenvalue weighted by atomic mass is 32.2. The highest BCUT2D eigenvalue weighted by Gasteiger charge is 2.40. The molecule has 0 fully saturated rings. The first-order valence-corrected chi connectivity index (χ1v) is 22.3. The SMILES string of the molecule is Cc1c(C)c(O)c2c(c1O)c1c(O)c3c4c(ooc5c(O)c(-c6c(O)c(O)c7c(c6O)c6c(O)c(O)c(O)c(O)c6n7-c6ccccc6)c(O)c6c7c(O)c(O)c(C)c(c7n4c56)S3)c1n2-c1ccccc1. The molecule has 0 radical (unpaired) electrons. The molecule has 0 unspecified atom stereocenters. The minimum atomic E-state index is -1.23. The van der Waals surface area contributed by atoms with Gasteiger partial charge in [-0.25, -0.2) is 0 Å². The third-order valence-electron chi connectivity index (χ3n) is 14.1. The lowest BCUT2D eigenvalue weighted by atomic mass is 9.94. The van der Waals surface area contributed by atoms with Gasteiger partial charge in [0.25, 0.3) is 0 Å². The zero-order valence-electron chi connectivity index (χ0n) is 36.6. The molecule has 12 aromatic rings. The van der Waals surface area contributed by atoms with E-state index < -0.39 is 113 Å². The summed E-state index contributed by atoms with van der Waals surface area (Å²) in [7, 11) is 0. The van der Waals surface area contributed by atoms with E-state index in [0.29, 0.717) is 16.8 Å². The molecule has 0 atom stereocenters. The van der Waals surface area contributed by atoms with Crippen LogP contribution >= 0.6 is 11.8 Å². The molecule has 14 N–H and O–H groups in total. The molecular weight excluding hydrogens is 943 g/mol. The van der Waals surface area contributed by atoms with Gasteiger partial charge in [-0.2, -0.15) is 0 Å². The number of aromatic hydroxyl groups is 14. The largest absolute Gasteiger partial charge is 0.507 e. The molecule has 13 rings (SSSR count). The van der Waals surface area contributed by atoms with Crippen LogP contribution in [-0.2, 0) is 0 Å². The number of nitrogens with zero attached hydrogens (tertiary/aromatic N) is 3. The Morgan fingerprint density at radius 1 is 0.324 bits per heavy atom. The number of hydrogen-bond acceptors (Lipinski definition) is 17. The summed E-state index contributed by atoms with van der Waals surface area (Å²) in [5, 5.41) is 165. The number of para-hydroxylation sites is 2. The van der Waals surface area contributed by atoms with Crippen LogP contribution in [0.2, 0.25) is 0 Å². The second-order valence-corrected chi connectivity index (χ2v) is 18.5. The first-order valence-electron chi connectivity index (χ1n) is 21.4. The van der Waals surface area contributed by atoms with E-state index in [1.165, 1.54) is 28.0 Å². The van der Waals surface area contributed by atoms with Crippen LogP contribution in [-0.4, -0.2) is 85.0 Å². The molecule has 1 aliphatic rings. The van der Waals surface area contributed by atoms with Gasteiger partial charge in [0.15, 0.2) is 40.2 Å². The third kappa shape index (κ3) is 4.59. The summed E-state index contributed by atoms with van der Waals surface area (Å²) in [5.41, 5.74) is -2.48. The molecule has 354 valence electrons. The normalized spacial score (nSPS) is 12.6. The van der Waals surface area contributed by atoms with Crippen molar-refractivity contribution in [3.8, 4) is 103 Å². The Morgan fingerprint density at radius 3 is 1.38 bits per heavy atom. The van der Waals surface area contributed by atoms with E-state index in [1.54, 1.807) is 62.4 Å². The van der Waals surface area contributed by atoms with Gasteiger partial charge in [0.2, 0.25) is 22.7 Å². The van der Waals surface area contributed by atoms with Gasteiger partial charge in [0.1, 0.15) is 61.8 Å². The summed E-state index contributed by atoms with van der Waals surface area (Å²) in [4.78, 5) is 0.240. The summed E-state index contributed by atoms with van der Waals surface area (Å²) in [5.74, 6) is -12.4. The smallest absolute Gasteiger partial charge is 0.245 e. The number of phenolic OH excluding ortho intramolecular Hbond substituents is 14. The predicted octanol–water partition coefficient (Wildman–Crippen LogP) is 10.3. The molecular formula is C51H33N3O16S. The highest BCUT2D eigenvalue weighted by molar-refractivity contribution is 8.00. The molecule has 8 aromatic carbocycles. The minimum absolute atomic E-state index is 0.00604. The maximum Gasteiger partial charge on any atom is 0.245 e. The van der Waals surface area contributed by atoms with Crippen molar-refractivity contribution in [3.05, 3.63) is 77.4 Å². The van der Waals surface area contributed by atoms with Crippen LogP contribution in [0.3, 0.4) is 0 Å². The summed E-state index contributed by atoms with van der Waals surface area (Å²) >= 11 is 0.917. The summed E-state index contributed by atoms with van der Waals surface area (Å²) in [6, 6.07) is 16.3. The lowest BCUT2D eigenvalue weighted by Gasteiger charge is -2.19. The Morgan fingerprint density at radius 2 is 0.761 bits per heavy atom. The van der Waals surface area contributed by atoms with Gasteiger partial charge in [0.05, 0.1) is 53.9 Å². The van der Waals surface area contributed by atoms with Crippen molar-refractivity contribution < 1.29 is 80.6 Å². The first kappa shape index (κ1) is 41.5. The minimum Gasteiger partial charge on any atom is -0.507 e. The van der Waals surface area contributed by atoms with E-state index in [1.807, 2.05) is 0 Å². The van der Waals surface area contributed by atoms with Crippen LogP contribution in [0.1, 0.15) is 16.7 Å². The lowest BCUT2D eigenvalue weighted by Crippen LogP contribution is -2.00. The van der Waals surface area contributed by atoms with Gasteiger partial charge >= 0.3 is 0 Å². The van der Waals surface area contributed by atoms with Gasteiger partial charge in [-0.3, -0.25) is 13.6 Å². The van der Waals surface area contributed by atoms with E-state index in [0.717, 1.165) is 16.3 Å². The third-order valence-corrected chi connectivity index (χ3v) is 15.4. The number of hydrogen-bond donors (Lipinski definition) is 14. The van der Waals surface area contributed by atoms with E-state index in [9.17, 15) is 71.5 Å². The van der Waals surface area contributed by atoms with Crippen LogP contribution in [0.25, 0.3) is 105 Å². The molecule has 20 heteroatoms. The number of fused-ring (bicyclic) bond motifs is 8. The fourth-order valence-corrected chi connectivity index (χ4v) is 11.9. The molecule has 0 aliphatic carbocycles. The fraction of sp³-hybridized carbons (Fsp3) is 0.0588. The molecule has 0 spiro atoms. The second kappa shape index (κ2) is 13.3. The van der Waals surface area contributed by atoms with Gasteiger partial charge in [0, 0.05) is 21.8 Å². The molecule has 0 amide bonds. The number of benzene rings is 8. The van der Waals surface area contributed by atoms with Gasteiger partial charge in [-0.1, -0.05) is 48.2 Å². The van der Waals surface area contributed by atoms with Crippen LogP contribution in [0.4, 0.5) is 0 Å². The summed E-state index contributed by atoms with van der Waals surface area (Å²) < 4.78 is 16.4. The van der Waals surface area contributed by atoms with E-state index in [-0.39, 0.29) is 81.9 Å². The van der Waals surface area contributed by atoms with Crippen molar-refractivity contribution in [2.24, 2.45) is 0 Å².